The Labute approximate surface area is 173 Å². The molecule has 6 heteroatoms. The number of carbonyl (C=O) groups is 2. The maximum absolute atomic E-state index is 12.3. The Bertz CT molecular complexity index is 825. The molecule has 0 saturated carbocycles. The highest BCUT2D eigenvalue weighted by Crippen LogP contribution is 2.20. The minimum absolute atomic E-state index is 0.0911. The van der Waals surface area contributed by atoms with E-state index in [1.807, 2.05) is 6.92 Å². The van der Waals surface area contributed by atoms with Gasteiger partial charge >= 0.3 is 0 Å². The number of benzene rings is 2. The van der Waals surface area contributed by atoms with E-state index in [0.29, 0.717) is 13.1 Å². The first kappa shape index (κ1) is 21.3. The van der Waals surface area contributed by atoms with Gasteiger partial charge < -0.3 is 10.6 Å². The molecule has 2 N–H and O–H groups in total. The highest BCUT2D eigenvalue weighted by atomic mass is 16.2. The number of hydrogen-bond donors (Lipinski definition) is 2. The second-order valence-electron chi connectivity index (χ2n) is 7.77. The lowest BCUT2D eigenvalue weighted by Gasteiger charge is -2.34. The van der Waals surface area contributed by atoms with Crippen LogP contribution in [-0.4, -0.2) is 66.9 Å². The molecule has 0 bridgehead atoms. The van der Waals surface area contributed by atoms with Crippen LogP contribution in [0.4, 0.5) is 0 Å². The molecule has 2 aromatic carbocycles. The van der Waals surface area contributed by atoms with Crippen molar-refractivity contribution in [3.63, 3.8) is 0 Å². The van der Waals surface area contributed by atoms with Crippen molar-refractivity contribution in [1.82, 2.24) is 20.4 Å². The number of rotatable bonds is 8. The SMILES string of the molecule is CCCNC(=O)[C@H](C)NC(=O)CN1CCN(Cc2cccc3ccccc23)CC1. The smallest absolute Gasteiger partial charge is 0.242 e. The Hall–Kier alpha value is -2.44. The van der Waals surface area contributed by atoms with Gasteiger partial charge in [-0.3, -0.25) is 19.4 Å². The van der Waals surface area contributed by atoms with Crippen LogP contribution in [0.15, 0.2) is 42.5 Å². The lowest BCUT2D eigenvalue weighted by atomic mass is 10.0. The number of nitrogens with zero attached hydrogens (tertiary/aromatic N) is 2. The monoisotopic (exact) mass is 396 g/mol. The fourth-order valence-corrected chi connectivity index (χ4v) is 3.73. The zero-order valence-corrected chi connectivity index (χ0v) is 17.5. The van der Waals surface area contributed by atoms with Crippen LogP contribution in [0.5, 0.6) is 0 Å². The van der Waals surface area contributed by atoms with Crippen molar-refractivity contribution >= 4 is 22.6 Å². The quantitative estimate of drug-likeness (QED) is 0.716. The maximum atomic E-state index is 12.3. The summed E-state index contributed by atoms with van der Waals surface area (Å²) in [5.41, 5.74) is 1.35. The minimum atomic E-state index is -0.498. The van der Waals surface area contributed by atoms with Gasteiger partial charge in [0.25, 0.3) is 0 Å². The van der Waals surface area contributed by atoms with Gasteiger partial charge in [0.2, 0.25) is 11.8 Å². The third kappa shape index (κ3) is 6.02. The second kappa shape index (κ2) is 10.4. The predicted octanol–water partition coefficient (Wildman–Crippen LogP) is 1.99. The van der Waals surface area contributed by atoms with E-state index in [4.69, 9.17) is 0 Å². The van der Waals surface area contributed by atoms with Crippen LogP contribution >= 0.6 is 0 Å². The largest absolute Gasteiger partial charge is 0.354 e. The first-order chi connectivity index (χ1) is 14.1. The summed E-state index contributed by atoms with van der Waals surface area (Å²) in [4.78, 5) is 28.8. The highest BCUT2D eigenvalue weighted by molar-refractivity contribution is 5.88. The molecule has 1 fully saturated rings. The van der Waals surface area contributed by atoms with Crippen LogP contribution < -0.4 is 10.6 Å². The summed E-state index contributed by atoms with van der Waals surface area (Å²) in [7, 11) is 0. The van der Waals surface area contributed by atoms with Gasteiger partial charge in [0, 0.05) is 39.3 Å². The molecule has 1 heterocycles. The van der Waals surface area contributed by atoms with Crippen molar-refractivity contribution in [3.05, 3.63) is 48.0 Å². The first-order valence-corrected chi connectivity index (χ1v) is 10.5. The van der Waals surface area contributed by atoms with E-state index in [9.17, 15) is 9.59 Å². The molecule has 1 saturated heterocycles. The zero-order valence-electron chi connectivity index (χ0n) is 17.5. The Morgan fingerprint density at radius 3 is 2.45 bits per heavy atom. The summed E-state index contributed by atoms with van der Waals surface area (Å²) >= 11 is 0. The summed E-state index contributed by atoms with van der Waals surface area (Å²) in [5.74, 6) is -0.216. The van der Waals surface area contributed by atoms with Gasteiger partial charge in [0.05, 0.1) is 6.54 Å². The summed E-state index contributed by atoms with van der Waals surface area (Å²) in [5, 5.41) is 8.20. The summed E-state index contributed by atoms with van der Waals surface area (Å²) < 4.78 is 0. The number of carbonyl (C=O) groups excluding carboxylic acids is 2. The number of piperazine rings is 1. The van der Waals surface area contributed by atoms with E-state index in [1.165, 1.54) is 16.3 Å². The summed E-state index contributed by atoms with van der Waals surface area (Å²) in [6.45, 7) is 9.21. The third-order valence-electron chi connectivity index (χ3n) is 5.43. The summed E-state index contributed by atoms with van der Waals surface area (Å²) in [6, 6.07) is 14.5. The second-order valence-corrected chi connectivity index (χ2v) is 7.77. The molecule has 1 atom stereocenters. The molecular weight excluding hydrogens is 364 g/mol. The molecule has 1 aliphatic rings. The van der Waals surface area contributed by atoms with Crippen molar-refractivity contribution in [3.8, 4) is 0 Å². The maximum Gasteiger partial charge on any atom is 0.242 e. The Morgan fingerprint density at radius 2 is 1.69 bits per heavy atom. The molecule has 0 radical (unpaired) electrons. The van der Waals surface area contributed by atoms with Crippen LogP contribution in [-0.2, 0) is 16.1 Å². The van der Waals surface area contributed by atoms with Crippen LogP contribution in [0.1, 0.15) is 25.8 Å². The predicted molar refractivity (Wildman–Crippen MR) is 117 cm³/mol. The van der Waals surface area contributed by atoms with Gasteiger partial charge in [-0.15, -0.1) is 0 Å². The fourth-order valence-electron chi connectivity index (χ4n) is 3.73. The number of nitrogens with one attached hydrogen (secondary N) is 2. The van der Waals surface area contributed by atoms with Crippen LogP contribution in [0.3, 0.4) is 0 Å². The van der Waals surface area contributed by atoms with Gasteiger partial charge in [-0.05, 0) is 29.7 Å². The van der Waals surface area contributed by atoms with E-state index in [2.05, 4.69) is 62.9 Å². The standard InChI is InChI=1S/C23H32N4O2/c1-3-11-24-23(29)18(2)25-22(28)17-27-14-12-26(13-15-27)16-20-9-6-8-19-7-4-5-10-21(19)20/h4-10,18H,3,11-17H2,1-2H3,(H,24,29)(H,25,28)/t18-/m0/s1. The number of amides is 2. The number of hydrogen-bond acceptors (Lipinski definition) is 4. The lowest BCUT2D eigenvalue weighted by Crippen LogP contribution is -2.52. The molecular formula is C23H32N4O2. The van der Waals surface area contributed by atoms with Crippen molar-refractivity contribution < 1.29 is 9.59 Å². The fraction of sp³-hybridized carbons (Fsp3) is 0.478. The molecule has 0 aliphatic carbocycles. The number of fused-ring (bicyclic) bond motifs is 1. The van der Waals surface area contributed by atoms with Crippen LogP contribution in [0.2, 0.25) is 0 Å². The molecule has 3 rings (SSSR count). The molecule has 0 spiro atoms. The average molecular weight is 397 g/mol. The van der Waals surface area contributed by atoms with Crippen molar-refractivity contribution in [2.75, 3.05) is 39.3 Å². The van der Waals surface area contributed by atoms with Gasteiger partial charge in [-0.2, -0.15) is 0 Å². The summed E-state index contributed by atoms with van der Waals surface area (Å²) in [6.07, 6.45) is 0.884. The molecule has 156 valence electrons. The average Bonchev–Trinajstić information content (AvgIpc) is 2.73. The minimum Gasteiger partial charge on any atom is -0.354 e. The van der Waals surface area contributed by atoms with Gasteiger partial charge in [0.1, 0.15) is 6.04 Å². The highest BCUT2D eigenvalue weighted by Gasteiger charge is 2.21. The zero-order chi connectivity index (χ0) is 20.6. The molecule has 0 unspecified atom stereocenters. The van der Waals surface area contributed by atoms with E-state index >= 15 is 0 Å². The van der Waals surface area contributed by atoms with Gasteiger partial charge in [-0.1, -0.05) is 49.4 Å². The Kier molecular flexibility index (Phi) is 7.61. The Morgan fingerprint density at radius 1 is 1.00 bits per heavy atom. The van der Waals surface area contributed by atoms with Crippen molar-refractivity contribution in [2.24, 2.45) is 0 Å². The molecule has 1 aliphatic heterocycles. The van der Waals surface area contributed by atoms with Crippen molar-refractivity contribution in [1.29, 1.82) is 0 Å². The molecule has 2 aromatic rings. The van der Waals surface area contributed by atoms with Crippen LogP contribution in [0.25, 0.3) is 10.8 Å². The third-order valence-corrected chi connectivity index (χ3v) is 5.43. The first-order valence-electron chi connectivity index (χ1n) is 10.5. The molecule has 6 nitrogen and oxygen atoms in total. The van der Waals surface area contributed by atoms with E-state index < -0.39 is 6.04 Å². The molecule has 0 aromatic heterocycles. The van der Waals surface area contributed by atoms with E-state index in [1.54, 1.807) is 6.92 Å². The van der Waals surface area contributed by atoms with Crippen LogP contribution in [0, 0.1) is 0 Å². The van der Waals surface area contributed by atoms with Gasteiger partial charge in [0.15, 0.2) is 0 Å². The lowest BCUT2D eigenvalue weighted by molar-refractivity contribution is -0.129. The molecule has 29 heavy (non-hydrogen) atoms. The molecule has 2 amide bonds. The van der Waals surface area contributed by atoms with E-state index in [0.717, 1.165) is 39.1 Å². The van der Waals surface area contributed by atoms with Crippen molar-refractivity contribution in [2.45, 2.75) is 32.9 Å². The Balaban J connectivity index is 1.44. The van der Waals surface area contributed by atoms with Gasteiger partial charge in [-0.25, -0.2) is 0 Å². The topological polar surface area (TPSA) is 64.7 Å². The van der Waals surface area contributed by atoms with E-state index in [-0.39, 0.29) is 11.8 Å². The normalized spacial score (nSPS) is 16.5.